The molecule has 0 heterocycles. The van der Waals surface area contributed by atoms with E-state index in [1.54, 1.807) is 0 Å². The third kappa shape index (κ3) is 1.40. The number of hydrogen-bond acceptors (Lipinski definition) is 2. The maximum atomic E-state index is 12.8. The van der Waals surface area contributed by atoms with Crippen LogP contribution in [0.2, 0.25) is 0 Å². The van der Waals surface area contributed by atoms with Crippen LogP contribution in [0.25, 0.3) is 0 Å². The second-order valence-corrected chi connectivity index (χ2v) is 2.98. The van der Waals surface area contributed by atoms with Gasteiger partial charge in [0.1, 0.15) is 0 Å². The monoisotopic (exact) mass is 233 g/mol. The third-order valence-corrected chi connectivity index (χ3v) is 1.95. The Balaban J connectivity index is 3.36. The van der Waals surface area contributed by atoms with Crippen LogP contribution in [0.5, 0.6) is 5.75 Å². The first kappa shape index (κ1) is 8.99. The number of primary amides is 1. The van der Waals surface area contributed by atoms with E-state index in [-0.39, 0.29) is 10.0 Å². The number of carbonyl (C=O) groups excluding carboxylic acids is 1. The Kier molecular flexibility index (Phi) is 2.32. The Bertz CT molecular complexity index is 340. The zero-order valence-corrected chi connectivity index (χ0v) is 7.43. The van der Waals surface area contributed by atoms with E-state index < -0.39 is 17.5 Å². The molecule has 1 aromatic rings. The fourth-order valence-corrected chi connectivity index (χ4v) is 1.06. The van der Waals surface area contributed by atoms with Crippen molar-refractivity contribution in [3.63, 3.8) is 0 Å². The first-order valence-corrected chi connectivity index (χ1v) is 3.80. The zero-order chi connectivity index (χ0) is 9.30. The van der Waals surface area contributed by atoms with Crippen LogP contribution in [0.4, 0.5) is 4.39 Å². The summed E-state index contributed by atoms with van der Waals surface area (Å²) in [6.45, 7) is 0. The molecule has 0 aliphatic heterocycles. The first-order chi connectivity index (χ1) is 5.54. The minimum atomic E-state index is -0.883. The molecule has 0 unspecified atom stereocenters. The SMILES string of the molecule is NC(=O)c1ccc(Br)c(F)c1O. The highest BCUT2D eigenvalue weighted by Gasteiger charge is 2.13. The number of halogens is 2. The number of aromatic hydroxyl groups is 1. The predicted octanol–water partition coefficient (Wildman–Crippen LogP) is 1.39. The lowest BCUT2D eigenvalue weighted by Crippen LogP contribution is -2.11. The summed E-state index contributed by atoms with van der Waals surface area (Å²) in [5.74, 6) is -2.47. The van der Waals surface area contributed by atoms with Crippen molar-refractivity contribution in [1.82, 2.24) is 0 Å². The van der Waals surface area contributed by atoms with Crippen molar-refractivity contribution >= 4 is 21.8 Å². The largest absolute Gasteiger partial charge is 0.504 e. The number of nitrogens with two attached hydrogens (primary N) is 1. The van der Waals surface area contributed by atoms with Gasteiger partial charge < -0.3 is 10.8 Å². The Morgan fingerprint density at radius 1 is 1.58 bits per heavy atom. The lowest BCUT2D eigenvalue weighted by Gasteiger charge is -2.01. The van der Waals surface area contributed by atoms with Gasteiger partial charge in [0.15, 0.2) is 11.6 Å². The van der Waals surface area contributed by atoms with Crippen LogP contribution in [0.15, 0.2) is 16.6 Å². The molecule has 1 rings (SSSR count). The van der Waals surface area contributed by atoms with Gasteiger partial charge in [-0.1, -0.05) is 0 Å². The maximum Gasteiger partial charge on any atom is 0.252 e. The molecule has 0 atom stereocenters. The second kappa shape index (κ2) is 3.10. The standard InChI is InChI=1S/C7H5BrFNO2/c8-4-2-1-3(7(10)12)6(11)5(4)9/h1-2,11H,(H2,10,12). The van der Waals surface area contributed by atoms with E-state index in [0.717, 1.165) is 0 Å². The molecule has 3 N–H and O–H groups in total. The van der Waals surface area contributed by atoms with Gasteiger partial charge in [0.2, 0.25) is 0 Å². The van der Waals surface area contributed by atoms with Crippen molar-refractivity contribution < 1.29 is 14.3 Å². The second-order valence-electron chi connectivity index (χ2n) is 2.12. The molecule has 0 saturated heterocycles. The van der Waals surface area contributed by atoms with Crippen molar-refractivity contribution in [2.24, 2.45) is 5.73 Å². The molecule has 12 heavy (non-hydrogen) atoms. The molecule has 0 saturated carbocycles. The molecule has 0 fully saturated rings. The summed E-state index contributed by atoms with van der Waals surface area (Å²) in [7, 11) is 0. The number of rotatable bonds is 1. The Labute approximate surface area is 76.1 Å². The fraction of sp³-hybridized carbons (Fsp3) is 0. The molecule has 3 nitrogen and oxygen atoms in total. The molecule has 5 heteroatoms. The molecule has 64 valence electrons. The Morgan fingerprint density at radius 3 is 2.67 bits per heavy atom. The van der Waals surface area contributed by atoms with Crippen LogP contribution in [0, 0.1) is 5.82 Å². The van der Waals surface area contributed by atoms with Crippen molar-refractivity contribution in [2.45, 2.75) is 0 Å². The number of benzene rings is 1. The van der Waals surface area contributed by atoms with Gasteiger partial charge in [0.25, 0.3) is 5.91 Å². The lowest BCUT2D eigenvalue weighted by atomic mass is 10.2. The molecule has 0 bridgehead atoms. The average Bonchev–Trinajstić information content (AvgIpc) is 2.00. The van der Waals surface area contributed by atoms with Gasteiger partial charge in [-0.25, -0.2) is 4.39 Å². The number of carbonyl (C=O) groups is 1. The van der Waals surface area contributed by atoms with Crippen LogP contribution in [-0.4, -0.2) is 11.0 Å². The zero-order valence-electron chi connectivity index (χ0n) is 5.84. The van der Waals surface area contributed by atoms with Crippen molar-refractivity contribution in [3.8, 4) is 5.75 Å². The highest BCUT2D eigenvalue weighted by Crippen LogP contribution is 2.27. The molecule has 1 amide bonds. The Morgan fingerprint density at radius 2 is 2.17 bits per heavy atom. The summed E-state index contributed by atoms with van der Waals surface area (Å²) in [4.78, 5) is 10.6. The molecule has 0 aliphatic carbocycles. The summed E-state index contributed by atoms with van der Waals surface area (Å²) in [6.07, 6.45) is 0. The van der Waals surface area contributed by atoms with E-state index in [0.29, 0.717) is 0 Å². The van der Waals surface area contributed by atoms with Crippen LogP contribution in [0.1, 0.15) is 10.4 Å². The number of phenols is 1. The number of amides is 1. The van der Waals surface area contributed by atoms with Crippen molar-refractivity contribution in [1.29, 1.82) is 0 Å². The predicted molar refractivity (Wildman–Crippen MR) is 44.3 cm³/mol. The molecule has 0 spiro atoms. The van der Waals surface area contributed by atoms with E-state index in [1.165, 1.54) is 12.1 Å². The Hall–Kier alpha value is -1.10. The molecular formula is C7H5BrFNO2. The summed E-state index contributed by atoms with van der Waals surface area (Å²) >= 11 is 2.84. The van der Waals surface area contributed by atoms with Crippen LogP contribution in [-0.2, 0) is 0 Å². The van der Waals surface area contributed by atoms with E-state index in [9.17, 15) is 9.18 Å². The van der Waals surface area contributed by atoms with Gasteiger partial charge in [-0.15, -0.1) is 0 Å². The number of hydrogen-bond donors (Lipinski definition) is 2. The molecule has 0 aliphatic rings. The summed E-state index contributed by atoms with van der Waals surface area (Å²) < 4.78 is 12.9. The summed E-state index contributed by atoms with van der Waals surface area (Å²) in [6, 6.07) is 2.54. The van der Waals surface area contributed by atoms with Crippen molar-refractivity contribution in [3.05, 3.63) is 28.0 Å². The van der Waals surface area contributed by atoms with Gasteiger partial charge in [-0.05, 0) is 28.1 Å². The molecular weight excluding hydrogens is 229 g/mol. The van der Waals surface area contributed by atoms with Crippen LogP contribution in [0.3, 0.4) is 0 Å². The van der Waals surface area contributed by atoms with Crippen molar-refractivity contribution in [2.75, 3.05) is 0 Å². The summed E-state index contributed by atoms with van der Waals surface area (Å²) in [5.41, 5.74) is 4.63. The van der Waals surface area contributed by atoms with E-state index >= 15 is 0 Å². The van der Waals surface area contributed by atoms with Gasteiger partial charge in [-0.3, -0.25) is 4.79 Å². The normalized spacial score (nSPS) is 9.83. The average molecular weight is 234 g/mol. The topological polar surface area (TPSA) is 63.3 Å². The molecule has 1 aromatic carbocycles. The molecule has 0 radical (unpaired) electrons. The van der Waals surface area contributed by atoms with Gasteiger partial charge in [0.05, 0.1) is 10.0 Å². The van der Waals surface area contributed by atoms with Crippen LogP contribution < -0.4 is 5.73 Å². The smallest absolute Gasteiger partial charge is 0.252 e. The first-order valence-electron chi connectivity index (χ1n) is 3.01. The summed E-state index contributed by atoms with van der Waals surface area (Å²) in [5, 5.41) is 9.04. The molecule has 0 aromatic heterocycles. The lowest BCUT2D eigenvalue weighted by molar-refractivity contribution is 0.0997. The highest BCUT2D eigenvalue weighted by atomic mass is 79.9. The van der Waals surface area contributed by atoms with Gasteiger partial charge >= 0.3 is 0 Å². The maximum absolute atomic E-state index is 12.8. The minimum absolute atomic E-state index is 0.0880. The third-order valence-electron chi connectivity index (χ3n) is 1.33. The highest BCUT2D eigenvalue weighted by molar-refractivity contribution is 9.10. The van der Waals surface area contributed by atoms with Gasteiger partial charge in [-0.2, -0.15) is 0 Å². The fourth-order valence-electron chi connectivity index (χ4n) is 0.739. The van der Waals surface area contributed by atoms with E-state index in [2.05, 4.69) is 15.9 Å². The van der Waals surface area contributed by atoms with E-state index in [1.807, 2.05) is 0 Å². The van der Waals surface area contributed by atoms with E-state index in [4.69, 9.17) is 10.8 Å². The minimum Gasteiger partial charge on any atom is -0.504 e. The van der Waals surface area contributed by atoms with Gasteiger partial charge in [0, 0.05) is 0 Å². The van der Waals surface area contributed by atoms with Crippen LogP contribution >= 0.6 is 15.9 Å². The quantitative estimate of drug-likeness (QED) is 0.771.